The van der Waals surface area contributed by atoms with Crippen LogP contribution in [0.4, 0.5) is 18.4 Å². The Balaban J connectivity index is 1.12. The van der Waals surface area contributed by atoms with E-state index in [1.807, 2.05) is 36.4 Å². The van der Waals surface area contributed by atoms with Crippen LogP contribution in [0.25, 0.3) is 11.1 Å². The minimum Gasteiger partial charge on any atom is -0.449 e. The van der Waals surface area contributed by atoms with Gasteiger partial charge < -0.3 is 25.4 Å². The van der Waals surface area contributed by atoms with E-state index in [4.69, 9.17) is 9.47 Å². The minimum absolute atomic E-state index is 0.0302. The van der Waals surface area contributed by atoms with Crippen molar-refractivity contribution in [2.24, 2.45) is 0 Å². The zero-order valence-corrected chi connectivity index (χ0v) is 26.4. The Bertz CT molecular complexity index is 1710. The molecule has 0 radical (unpaired) electrons. The first kappa shape index (κ1) is 33.1. The van der Waals surface area contributed by atoms with E-state index < -0.39 is 41.2 Å². The fourth-order valence-electron chi connectivity index (χ4n) is 5.50. The van der Waals surface area contributed by atoms with Crippen LogP contribution in [0.1, 0.15) is 60.4 Å². The van der Waals surface area contributed by atoms with Crippen molar-refractivity contribution in [1.82, 2.24) is 16.0 Å². The fourth-order valence-corrected chi connectivity index (χ4v) is 5.50. The third kappa shape index (κ3) is 8.52. The molecule has 0 bridgehead atoms. The molecular formula is C37H37F2N3O5. The molecule has 0 fully saturated rings. The second-order valence-electron chi connectivity index (χ2n) is 12.3. The van der Waals surface area contributed by atoms with Gasteiger partial charge in [0.2, 0.25) is 5.91 Å². The highest BCUT2D eigenvalue weighted by Gasteiger charge is 2.29. The summed E-state index contributed by atoms with van der Waals surface area (Å²) in [6.45, 7) is 5.53. The van der Waals surface area contributed by atoms with Crippen LogP contribution >= 0.6 is 0 Å². The minimum atomic E-state index is -1.10. The molecular weight excluding hydrogens is 604 g/mol. The molecule has 1 aliphatic carbocycles. The molecule has 0 spiro atoms. The number of alkyl carbamates (subject to hydrolysis) is 2. The van der Waals surface area contributed by atoms with Gasteiger partial charge in [0.15, 0.2) is 11.6 Å². The Hall–Kier alpha value is -5.25. The first-order valence-corrected chi connectivity index (χ1v) is 15.3. The number of halogens is 2. The second-order valence-corrected chi connectivity index (χ2v) is 12.3. The van der Waals surface area contributed by atoms with Crippen LogP contribution in [0.5, 0.6) is 0 Å². The van der Waals surface area contributed by atoms with Crippen molar-refractivity contribution in [2.75, 3.05) is 13.2 Å². The molecule has 0 heterocycles. The lowest BCUT2D eigenvalue weighted by Crippen LogP contribution is -2.39. The maximum absolute atomic E-state index is 14.0. The Kier molecular flexibility index (Phi) is 10.2. The summed E-state index contributed by atoms with van der Waals surface area (Å²) >= 11 is 0. The molecule has 244 valence electrons. The first-order chi connectivity index (χ1) is 22.5. The van der Waals surface area contributed by atoms with Crippen LogP contribution in [0.2, 0.25) is 0 Å². The van der Waals surface area contributed by atoms with E-state index >= 15 is 0 Å². The summed E-state index contributed by atoms with van der Waals surface area (Å²) in [5, 5.41) is 8.11. The largest absolute Gasteiger partial charge is 0.449 e. The lowest BCUT2D eigenvalue weighted by molar-refractivity contribution is -0.122. The topological polar surface area (TPSA) is 106 Å². The normalized spacial score (nSPS) is 12.8. The van der Waals surface area contributed by atoms with E-state index in [2.05, 4.69) is 40.2 Å². The maximum atomic E-state index is 14.0. The van der Waals surface area contributed by atoms with Gasteiger partial charge in [-0.15, -0.1) is 0 Å². The quantitative estimate of drug-likeness (QED) is 0.174. The van der Waals surface area contributed by atoms with Gasteiger partial charge in [-0.2, -0.15) is 0 Å². The number of carbonyl (C=O) groups excluding carboxylic acids is 3. The highest BCUT2D eigenvalue weighted by molar-refractivity contribution is 5.84. The number of carbonyl (C=O) groups is 3. The fraction of sp³-hybridized carbons (Fsp3) is 0.270. The molecule has 1 aliphatic rings. The Labute approximate surface area is 272 Å². The van der Waals surface area contributed by atoms with E-state index in [1.165, 1.54) is 6.07 Å². The molecule has 0 saturated heterocycles. The van der Waals surface area contributed by atoms with Gasteiger partial charge in [-0.05, 0) is 71.8 Å². The second kappa shape index (κ2) is 14.5. The highest BCUT2D eigenvalue weighted by Crippen LogP contribution is 2.44. The molecule has 3 amide bonds. The van der Waals surface area contributed by atoms with Crippen molar-refractivity contribution < 1.29 is 32.6 Å². The molecule has 0 unspecified atom stereocenters. The lowest BCUT2D eigenvalue weighted by Gasteiger charge is -2.22. The predicted octanol–water partition coefficient (Wildman–Crippen LogP) is 6.93. The van der Waals surface area contributed by atoms with Crippen molar-refractivity contribution in [1.29, 1.82) is 0 Å². The maximum Gasteiger partial charge on any atom is 0.407 e. The van der Waals surface area contributed by atoms with Crippen molar-refractivity contribution in [3.05, 3.63) is 130 Å². The number of amides is 3. The SMILES string of the molecule is CC(C)(C)OC(=O)NC[C@H](C(=O)NCc1ccc(CNC(=O)OCC2c3ccccc3-c3ccccc32)cc1)c1ccc(F)c(F)c1. The summed E-state index contributed by atoms with van der Waals surface area (Å²) in [5.41, 5.74) is 5.64. The van der Waals surface area contributed by atoms with Crippen molar-refractivity contribution >= 4 is 18.1 Å². The standard InChI is InChI=1S/C37H37F2N3O5/c1-37(2,3)47-36(45)42-21-30(25-16-17-32(38)33(39)18-25)34(43)40-19-23-12-14-24(15-13-23)20-41-35(44)46-22-31-28-10-6-4-8-26(28)27-9-5-7-11-29(27)31/h4-18,30-31H,19-22H2,1-3H3,(H,40,43)(H,41,44)(H,42,45)/t30-/m0/s1. The van der Waals surface area contributed by atoms with Crippen LogP contribution in [0.15, 0.2) is 91.0 Å². The molecule has 0 saturated carbocycles. The number of ether oxygens (including phenoxy) is 2. The van der Waals surface area contributed by atoms with E-state index in [9.17, 15) is 23.2 Å². The van der Waals surface area contributed by atoms with Crippen LogP contribution in [-0.4, -0.2) is 36.8 Å². The Morgan fingerprint density at radius 3 is 1.87 bits per heavy atom. The van der Waals surface area contributed by atoms with Gasteiger partial charge in [0, 0.05) is 25.6 Å². The molecule has 47 heavy (non-hydrogen) atoms. The van der Waals surface area contributed by atoms with E-state index in [0.29, 0.717) is 0 Å². The number of hydrogen-bond donors (Lipinski definition) is 3. The van der Waals surface area contributed by atoms with E-state index in [1.54, 1.807) is 32.9 Å². The molecule has 4 aromatic rings. The third-order valence-electron chi connectivity index (χ3n) is 7.78. The summed E-state index contributed by atoms with van der Waals surface area (Å²) in [5.74, 6) is -3.66. The first-order valence-electron chi connectivity index (χ1n) is 15.3. The lowest BCUT2D eigenvalue weighted by atomic mass is 9.97. The highest BCUT2D eigenvalue weighted by atomic mass is 19.2. The number of fused-ring (bicyclic) bond motifs is 3. The average Bonchev–Trinajstić information content (AvgIpc) is 3.36. The van der Waals surface area contributed by atoms with Crippen LogP contribution in [0.3, 0.4) is 0 Å². The molecule has 0 aromatic heterocycles. The van der Waals surface area contributed by atoms with Gasteiger partial charge >= 0.3 is 12.2 Å². The molecule has 1 atom stereocenters. The van der Waals surface area contributed by atoms with Crippen LogP contribution in [0, 0.1) is 11.6 Å². The summed E-state index contributed by atoms with van der Waals surface area (Å²) in [7, 11) is 0. The average molecular weight is 642 g/mol. The van der Waals surface area contributed by atoms with Crippen molar-refractivity contribution in [2.45, 2.75) is 51.3 Å². The molecule has 0 aliphatic heterocycles. The predicted molar refractivity (Wildman–Crippen MR) is 174 cm³/mol. The van der Waals surface area contributed by atoms with E-state index in [-0.39, 0.29) is 37.7 Å². The molecule has 3 N–H and O–H groups in total. The monoisotopic (exact) mass is 641 g/mol. The van der Waals surface area contributed by atoms with Gasteiger partial charge in [-0.1, -0.05) is 78.9 Å². The summed E-state index contributed by atoms with van der Waals surface area (Å²) in [6.07, 6.45) is -1.26. The van der Waals surface area contributed by atoms with Gasteiger partial charge in [0.25, 0.3) is 0 Å². The van der Waals surface area contributed by atoms with Gasteiger partial charge in [0.05, 0.1) is 5.92 Å². The molecule has 10 heteroatoms. The molecule has 5 rings (SSSR count). The Morgan fingerprint density at radius 2 is 1.30 bits per heavy atom. The van der Waals surface area contributed by atoms with Gasteiger partial charge in [-0.3, -0.25) is 4.79 Å². The number of nitrogens with one attached hydrogen (secondary N) is 3. The third-order valence-corrected chi connectivity index (χ3v) is 7.78. The Morgan fingerprint density at radius 1 is 0.723 bits per heavy atom. The zero-order chi connectivity index (χ0) is 33.6. The van der Waals surface area contributed by atoms with Gasteiger partial charge in [0.1, 0.15) is 12.2 Å². The van der Waals surface area contributed by atoms with Crippen molar-refractivity contribution in [3.8, 4) is 11.1 Å². The number of benzene rings is 4. The van der Waals surface area contributed by atoms with Crippen LogP contribution in [-0.2, 0) is 27.4 Å². The van der Waals surface area contributed by atoms with Gasteiger partial charge in [-0.25, -0.2) is 18.4 Å². The number of rotatable bonds is 10. The smallest absolute Gasteiger partial charge is 0.407 e. The summed E-state index contributed by atoms with van der Waals surface area (Å²) in [4.78, 5) is 37.9. The molecule has 8 nitrogen and oxygen atoms in total. The van der Waals surface area contributed by atoms with Crippen LogP contribution < -0.4 is 16.0 Å². The number of hydrogen-bond acceptors (Lipinski definition) is 5. The molecule has 4 aromatic carbocycles. The summed E-state index contributed by atoms with van der Waals surface area (Å²) in [6, 6.07) is 26.7. The summed E-state index contributed by atoms with van der Waals surface area (Å²) < 4.78 is 38.4. The van der Waals surface area contributed by atoms with E-state index in [0.717, 1.165) is 45.5 Å². The zero-order valence-electron chi connectivity index (χ0n) is 26.4. The van der Waals surface area contributed by atoms with Crippen molar-refractivity contribution in [3.63, 3.8) is 0 Å².